The first kappa shape index (κ1) is 10.9. The zero-order valence-electron chi connectivity index (χ0n) is 9.23. The SMILES string of the molecule is CC1(C(=O)OCC(=O)c2ccccc2)CC1. The Labute approximate surface area is 94.4 Å². The molecule has 1 aromatic carbocycles. The van der Waals surface area contributed by atoms with Gasteiger partial charge in [-0.2, -0.15) is 0 Å². The molecular weight excluding hydrogens is 204 g/mol. The van der Waals surface area contributed by atoms with Crippen molar-refractivity contribution in [2.45, 2.75) is 19.8 Å². The highest BCUT2D eigenvalue weighted by molar-refractivity contribution is 5.98. The predicted octanol–water partition coefficient (Wildman–Crippen LogP) is 2.21. The Morgan fingerprint density at radius 3 is 2.44 bits per heavy atom. The van der Waals surface area contributed by atoms with Crippen molar-refractivity contribution < 1.29 is 14.3 Å². The molecule has 0 N–H and O–H groups in total. The van der Waals surface area contributed by atoms with Crippen LogP contribution in [0.25, 0.3) is 0 Å². The van der Waals surface area contributed by atoms with Crippen LogP contribution in [0.4, 0.5) is 0 Å². The van der Waals surface area contributed by atoms with Crippen LogP contribution < -0.4 is 0 Å². The van der Waals surface area contributed by atoms with E-state index in [0.29, 0.717) is 5.56 Å². The van der Waals surface area contributed by atoms with Gasteiger partial charge in [0.1, 0.15) is 0 Å². The van der Waals surface area contributed by atoms with Gasteiger partial charge < -0.3 is 4.74 Å². The quantitative estimate of drug-likeness (QED) is 0.575. The third kappa shape index (κ3) is 2.30. The monoisotopic (exact) mass is 218 g/mol. The van der Waals surface area contributed by atoms with Crippen LogP contribution in [0.1, 0.15) is 30.1 Å². The first-order chi connectivity index (χ1) is 7.62. The summed E-state index contributed by atoms with van der Waals surface area (Å²) in [5.74, 6) is -0.407. The van der Waals surface area contributed by atoms with Crippen molar-refractivity contribution >= 4 is 11.8 Å². The van der Waals surface area contributed by atoms with Crippen LogP contribution in [0.5, 0.6) is 0 Å². The largest absolute Gasteiger partial charge is 0.457 e. The van der Waals surface area contributed by atoms with Gasteiger partial charge in [-0.1, -0.05) is 30.3 Å². The zero-order valence-corrected chi connectivity index (χ0v) is 9.23. The van der Waals surface area contributed by atoms with Gasteiger partial charge in [-0.3, -0.25) is 9.59 Å². The minimum atomic E-state index is -0.322. The minimum Gasteiger partial charge on any atom is -0.457 e. The topological polar surface area (TPSA) is 43.4 Å². The molecule has 2 rings (SSSR count). The summed E-state index contributed by atoms with van der Waals surface area (Å²) < 4.78 is 5.00. The molecule has 0 atom stereocenters. The molecule has 0 amide bonds. The summed E-state index contributed by atoms with van der Waals surface area (Å²) in [6, 6.07) is 8.85. The normalized spacial score (nSPS) is 16.6. The average molecular weight is 218 g/mol. The maximum Gasteiger partial charge on any atom is 0.312 e. The number of Topliss-reactive ketones (excluding diaryl/α,β-unsaturated/α-hetero) is 1. The van der Waals surface area contributed by atoms with E-state index < -0.39 is 0 Å². The third-order valence-corrected chi connectivity index (χ3v) is 2.92. The van der Waals surface area contributed by atoms with E-state index in [1.807, 2.05) is 13.0 Å². The molecule has 0 unspecified atom stereocenters. The summed E-state index contributed by atoms with van der Waals surface area (Å²) in [5, 5.41) is 0. The Hall–Kier alpha value is -1.64. The Morgan fingerprint density at radius 1 is 1.25 bits per heavy atom. The summed E-state index contributed by atoms with van der Waals surface area (Å²) in [6.07, 6.45) is 1.73. The van der Waals surface area contributed by atoms with Gasteiger partial charge >= 0.3 is 5.97 Å². The van der Waals surface area contributed by atoms with Gasteiger partial charge in [0.05, 0.1) is 5.41 Å². The van der Waals surface area contributed by atoms with E-state index in [-0.39, 0.29) is 23.8 Å². The predicted molar refractivity (Wildman–Crippen MR) is 59.1 cm³/mol. The Kier molecular flexibility index (Phi) is 2.77. The standard InChI is InChI=1S/C13H14O3/c1-13(7-8-13)12(15)16-9-11(14)10-5-3-2-4-6-10/h2-6H,7-9H2,1H3. The van der Waals surface area contributed by atoms with Gasteiger partial charge in [-0.25, -0.2) is 0 Å². The molecule has 0 bridgehead atoms. The number of benzene rings is 1. The smallest absolute Gasteiger partial charge is 0.312 e. The van der Waals surface area contributed by atoms with Crippen LogP contribution in [0.2, 0.25) is 0 Å². The molecule has 16 heavy (non-hydrogen) atoms. The molecule has 1 fully saturated rings. The second-order valence-corrected chi connectivity index (χ2v) is 4.43. The highest BCUT2D eigenvalue weighted by Gasteiger charge is 2.46. The number of hydrogen-bond donors (Lipinski definition) is 0. The zero-order chi connectivity index (χ0) is 11.6. The number of carbonyl (C=O) groups excluding carboxylic acids is 2. The van der Waals surface area contributed by atoms with Gasteiger partial charge in [-0.05, 0) is 19.8 Å². The average Bonchev–Trinajstić information content (AvgIpc) is 3.06. The van der Waals surface area contributed by atoms with Gasteiger partial charge in [0.15, 0.2) is 12.4 Å². The molecule has 0 aliphatic heterocycles. The molecule has 84 valence electrons. The fourth-order valence-corrected chi connectivity index (χ4v) is 1.40. The molecule has 0 spiro atoms. The van der Waals surface area contributed by atoms with Crippen LogP contribution in [0.15, 0.2) is 30.3 Å². The van der Waals surface area contributed by atoms with Crippen LogP contribution in [-0.2, 0) is 9.53 Å². The molecule has 0 aromatic heterocycles. The molecule has 3 nitrogen and oxygen atoms in total. The van der Waals surface area contributed by atoms with Crippen molar-refractivity contribution in [3.8, 4) is 0 Å². The second-order valence-electron chi connectivity index (χ2n) is 4.43. The molecule has 0 saturated heterocycles. The van der Waals surface area contributed by atoms with E-state index in [0.717, 1.165) is 12.8 Å². The van der Waals surface area contributed by atoms with Gasteiger partial charge in [0, 0.05) is 5.56 Å². The number of carbonyl (C=O) groups is 2. The van der Waals surface area contributed by atoms with E-state index in [4.69, 9.17) is 4.74 Å². The molecule has 1 saturated carbocycles. The lowest BCUT2D eigenvalue weighted by molar-refractivity contribution is -0.148. The first-order valence-corrected chi connectivity index (χ1v) is 5.37. The van der Waals surface area contributed by atoms with Crippen LogP contribution in [0, 0.1) is 5.41 Å². The van der Waals surface area contributed by atoms with E-state index in [9.17, 15) is 9.59 Å². The minimum absolute atomic E-state index is 0.154. The van der Waals surface area contributed by atoms with Crippen LogP contribution >= 0.6 is 0 Å². The van der Waals surface area contributed by atoms with E-state index in [1.54, 1.807) is 24.3 Å². The number of ketones is 1. The molecular formula is C13H14O3. The number of rotatable bonds is 4. The third-order valence-electron chi connectivity index (χ3n) is 2.92. The highest BCUT2D eigenvalue weighted by atomic mass is 16.5. The second kappa shape index (κ2) is 4.08. The maximum atomic E-state index is 11.6. The van der Waals surface area contributed by atoms with E-state index in [2.05, 4.69) is 0 Å². The molecule has 0 heterocycles. The van der Waals surface area contributed by atoms with Crippen molar-refractivity contribution in [1.29, 1.82) is 0 Å². The van der Waals surface area contributed by atoms with Crippen LogP contribution in [-0.4, -0.2) is 18.4 Å². The summed E-state index contributed by atoms with van der Waals surface area (Å²) in [7, 11) is 0. The molecule has 1 aliphatic rings. The van der Waals surface area contributed by atoms with Crippen molar-refractivity contribution in [1.82, 2.24) is 0 Å². The first-order valence-electron chi connectivity index (χ1n) is 5.37. The van der Waals surface area contributed by atoms with Crippen molar-refractivity contribution in [3.63, 3.8) is 0 Å². The molecule has 1 aliphatic carbocycles. The molecule has 3 heteroatoms. The van der Waals surface area contributed by atoms with E-state index in [1.165, 1.54) is 0 Å². The maximum absolute atomic E-state index is 11.6. The number of hydrogen-bond acceptors (Lipinski definition) is 3. The summed E-state index contributed by atoms with van der Waals surface area (Å²) in [5.41, 5.74) is 0.257. The van der Waals surface area contributed by atoms with Crippen molar-refractivity contribution in [2.75, 3.05) is 6.61 Å². The summed E-state index contributed by atoms with van der Waals surface area (Å²) in [4.78, 5) is 23.1. The van der Waals surface area contributed by atoms with Gasteiger partial charge in [-0.15, -0.1) is 0 Å². The number of ether oxygens (including phenoxy) is 1. The Bertz CT molecular complexity index is 404. The summed E-state index contributed by atoms with van der Waals surface area (Å²) >= 11 is 0. The fourth-order valence-electron chi connectivity index (χ4n) is 1.40. The summed E-state index contributed by atoms with van der Waals surface area (Å²) in [6.45, 7) is 1.71. The fraction of sp³-hybridized carbons (Fsp3) is 0.385. The van der Waals surface area contributed by atoms with Crippen molar-refractivity contribution in [3.05, 3.63) is 35.9 Å². The van der Waals surface area contributed by atoms with Gasteiger partial charge in [0.2, 0.25) is 0 Å². The van der Waals surface area contributed by atoms with Crippen LogP contribution in [0.3, 0.4) is 0 Å². The lowest BCUT2D eigenvalue weighted by Crippen LogP contribution is -2.20. The lowest BCUT2D eigenvalue weighted by Gasteiger charge is -2.08. The lowest BCUT2D eigenvalue weighted by atomic mass is 10.1. The molecule has 1 aromatic rings. The Balaban J connectivity index is 1.87. The van der Waals surface area contributed by atoms with Gasteiger partial charge in [0.25, 0.3) is 0 Å². The highest BCUT2D eigenvalue weighted by Crippen LogP contribution is 2.45. The van der Waals surface area contributed by atoms with Crippen molar-refractivity contribution in [2.24, 2.45) is 5.41 Å². The number of esters is 1. The molecule has 0 radical (unpaired) electrons. The Morgan fingerprint density at radius 2 is 1.88 bits per heavy atom. The van der Waals surface area contributed by atoms with E-state index >= 15 is 0 Å².